The van der Waals surface area contributed by atoms with Crippen LogP contribution in [0.1, 0.15) is 25.2 Å². The molecule has 1 aromatic carbocycles. The molecule has 0 fully saturated rings. The molecule has 0 bridgehead atoms. The summed E-state index contributed by atoms with van der Waals surface area (Å²) < 4.78 is 4.25. The van der Waals surface area contributed by atoms with Gasteiger partial charge in [0.15, 0.2) is 0 Å². The summed E-state index contributed by atoms with van der Waals surface area (Å²) in [5, 5.41) is 5.63. The van der Waals surface area contributed by atoms with Crippen LogP contribution in [0, 0.1) is 12.8 Å². The third kappa shape index (κ3) is 2.33. The van der Waals surface area contributed by atoms with E-state index in [9.17, 15) is 0 Å². The van der Waals surface area contributed by atoms with Crippen molar-refractivity contribution in [2.24, 2.45) is 5.92 Å². The third-order valence-electron chi connectivity index (χ3n) is 3.58. The lowest BCUT2D eigenvalue weighted by molar-refractivity contribution is 0.462. The average molecular weight is 268 g/mol. The highest BCUT2D eigenvalue weighted by molar-refractivity contribution is 5.83. The van der Waals surface area contributed by atoms with Gasteiger partial charge in [-0.25, -0.2) is 9.67 Å². The lowest BCUT2D eigenvalue weighted by Gasteiger charge is -2.10. The van der Waals surface area contributed by atoms with Gasteiger partial charge in [0.25, 0.3) is 0 Å². The molecule has 104 valence electrons. The molecular formula is C16H20N4. The van der Waals surface area contributed by atoms with Gasteiger partial charge in [-0.3, -0.25) is 0 Å². The Morgan fingerprint density at radius 3 is 2.85 bits per heavy atom. The maximum absolute atomic E-state index is 4.40. The van der Waals surface area contributed by atoms with Crippen LogP contribution in [0.3, 0.4) is 0 Å². The van der Waals surface area contributed by atoms with Gasteiger partial charge in [-0.05, 0) is 30.5 Å². The number of nitrogens with zero attached hydrogens (tertiary/aromatic N) is 4. The molecule has 0 aliphatic heterocycles. The Bertz CT molecular complexity index is 721. The number of rotatable bonds is 4. The van der Waals surface area contributed by atoms with Gasteiger partial charge in [-0.1, -0.05) is 26.0 Å². The zero-order chi connectivity index (χ0) is 14.1. The minimum Gasteiger partial charge on any atom is -0.340 e. The molecule has 0 saturated heterocycles. The van der Waals surface area contributed by atoms with Crippen molar-refractivity contribution in [1.29, 1.82) is 0 Å². The summed E-state index contributed by atoms with van der Waals surface area (Å²) in [6.07, 6.45) is 3.78. The molecule has 0 aliphatic rings. The quantitative estimate of drug-likeness (QED) is 0.728. The predicted molar refractivity (Wildman–Crippen MR) is 80.6 cm³/mol. The average Bonchev–Trinajstić information content (AvgIpc) is 2.99. The van der Waals surface area contributed by atoms with Crippen LogP contribution in [-0.4, -0.2) is 19.3 Å². The maximum Gasteiger partial charge on any atom is 0.146 e. The molecule has 0 atom stereocenters. The first-order valence-corrected chi connectivity index (χ1v) is 7.06. The van der Waals surface area contributed by atoms with Gasteiger partial charge in [0, 0.05) is 23.6 Å². The van der Waals surface area contributed by atoms with E-state index >= 15 is 0 Å². The Hall–Kier alpha value is -2.10. The molecule has 4 heteroatoms. The van der Waals surface area contributed by atoms with Gasteiger partial charge in [-0.15, -0.1) is 0 Å². The third-order valence-corrected chi connectivity index (χ3v) is 3.58. The zero-order valence-electron chi connectivity index (χ0n) is 12.2. The number of aromatic nitrogens is 4. The lowest BCUT2D eigenvalue weighted by atomic mass is 10.1. The SMILES string of the molecule is Cc1cccc2c1ccn2Cc1ncnn1CC(C)C. The largest absolute Gasteiger partial charge is 0.340 e. The van der Waals surface area contributed by atoms with E-state index in [0.717, 1.165) is 18.9 Å². The van der Waals surface area contributed by atoms with E-state index in [1.807, 2.05) is 4.68 Å². The molecule has 0 N–H and O–H groups in total. The second kappa shape index (κ2) is 5.12. The Labute approximate surface area is 119 Å². The minimum absolute atomic E-state index is 0.569. The summed E-state index contributed by atoms with van der Waals surface area (Å²) in [5.41, 5.74) is 2.56. The van der Waals surface area contributed by atoms with Crippen molar-refractivity contribution >= 4 is 10.9 Å². The molecule has 3 rings (SSSR count). The van der Waals surface area contributed by atoms with Gasteiger partial charge in [0.1, 0.15) is 12.2 Å². The van der Waals surface area contributed by atoms with E-state index < -0.39 is 0 Å². The van der Waals surface area contributed by atoms with Crippen LogP contribution >= 0.6 is 0 Å². The van der Waals surface area contributed by atoms with Crippen molar-refractivity contribution in [1.82, 2.24) is 19.3 Å². The highest BCUT2D eigenvalue weighted by Gasteiger charge is 2.09. The first-order chi connectivity index (χ1) is 9.65. The van der Waals surface area contributed by atoms with Gasteiger partial charge in [0.05, 0.1) is 6.54 Å². The number of fused-ring (bicyclic) bond motifs is 1. The summed E-state index contributed by atoms with van der Waals surface area (Å²) in [4.78, 5) is 4.40. The van der Waals surface area contributed by atoms with Crippen molar-refractivity contribution < 1.29 is 0 Å². The molecule has 4 nitrogen and oxygen atoms in total. The summed E-state index contributed by atoms with van der Waals surface area (Å²) in [7, 11) is 0. The molecule has 0 aliphatic carbocycles. The Balaban J connectivity index is 1.94. The predicted octanol–water partition coefficient (Wildman–Crippen LogP) is 3.25. The van der Waals surface area contributed by atoms with Crippen LogP contribution in [0.2, 0.25) is 0 Å². The second-order valence-electron chi connectivity index (χ2n) is 5.70. The lowest BCUT2D eigenvalue weighted by Crippen LogP contribution is -2.12. The van der Waals surface area contributed by atoms with Crippen LogP contribution in [0.25, 0.3) is 10.9 Å². The summed E-state index contributed by atoms with van der Waals surface area (Å²) in [5.74, 6) is 1.58. The highest BCUT2D eigenvalue weighted by atomic mass is 15.3. The summed E-state index contributed by atoms with van der Waals surface area (Å²) in [6, 6.07) is 8.58. The molecule has 20 heavy (non-hydrogen) atoms. The van der Waals surface area contributed by atoms with Gasteiger partial charge in [-0.2, -0.15) is 5.10 Å². The minimum atomic E-state index is 0.569. The van der Waals surface area contributed by atoms with Gasteiger partial charge >= 0.3 is 0 Å². The van der Waals surface area contributed by atoms with Crippen LogP contribution in [0.4, 0.5) is 0 Å². The molecular weight excluding hydrogens is 248 g/mol. The maximum atomic E-state index is 4.40. The van der Waals surface area contributed by atoms with E-state index in [1.165, 1.54) is 16.5 Å². The number of benzene rings is 1. The van der Waals surface area contributed by atoms with E-state index in [-0.39, 0.29) is 0 Å². The van der Waals surface area contributed by atoms with Crippen LogP contribution in [0.5, 0.6) is 0 Å². The Kier molecular flexibility index (Phi) is 3.30. The molecule has 3 aromatic rings. The Morgan fingerprint density at radius 2 is 2.05 bits per heavy atom. The van der Waals surface area contributed by atoms with Crippen LogP contribution in [0.15, 0.2) is 36.8 Å². The van der Waals surface area contributed by atoms with Gasteiger partial charge < -0.3 is 4.57 Å². The van der Waals surface area contributed by atoms with Crippen molar-refractivity contribution in [3.63, 3.8) is 0 Å². The van der Waals surface area contributed by atoms with Crippen molar-refractivity contribution in [2.75, 3.05) is 0 Å². The van der Waals surface area contributed by atoms with Crippen molar-refractivity contribution in [2.45, 2.75) is 33.9 Å². The second-order valence-corrected chi connectivity index (χ2v) is 5.70. The normalized spacial score (nSPS) is 11.6. The number of aryl methyl sites for hydroxylation is 1. The van der Waals surface area contributed by atoms with E-state index in [0.29, 0.717) is 5.92 Å². The summed E-state index contributed by atoms with van der Waals surface area (Å²) >= 11 is 0. The molecule has 0 spiro atoms. The molecule has 0 radical (unpaired) electrons. The van der Waals surface area contributed by atoms with Crippen LogP contribution in [-0.2, 0) is 13.1 Å². The number of hydrogen-bond donors (Lipinski definition) is 0. The van der Waals surface area contributed by atoms with E-state index in [1.54, 1.807) is 6.33 Å². The first kappa shape index (κ1) is 12.9. The van der Waals surface area contributed by atoms with Gasteiger partial charge in [0.2, 0.25) is 0 Å². The molecule has 0 amide bonds. The topological polar surface area (TPSA) is 35.6 Å². The highest BCUT2D eigenvalue weighted by Crippen LogP contribution is 2.20. The standard InChI is InChI=1S/C16H20N4/c1-12(2)9-20-16(17-11-18-20)10-19-8-7-14-13(3)5-4-6-15(14)19/h4-8,11-12H,9-10H2,1-3H3. The fourth-order valence-corrected chi connectivity index (χ4v) is 2.58. The fraction of sp³-hybridized carbons (Fsp3) is 0.375. The molecule has 2 heterocycles. The molecule has 2 aromatic heterocycles. The summed E-state index contributed by atoms with van der Waals surface area (Å²) in [6.45, 7) is 8.21. The zero-order valence-corrected chi connectivity index (χ0v) is 12.2. The Morgan fingerprint density at radius 1 is 1.20 bits per heavy atom. The monoisotopic (exact) mass is 268 g/mol. The van der Waals surface area contributed by atoms with Crippen LogP contribution < -0.4 is 0 Å². The number of hydrogen-bond acceptors (Lipinski definition) is 2. The van der Waals surface area contributed by atoms with Crippen molar-refractivity contribution in [3.05, 3.63) is 48.2 Å². The molecule has 0 unspecified atom stereocenters. The fourth-order valence-electron chi connectivity index (χ4n) is 2.58. The van der Waals surface area contributed by atoms with E-state index in [2.05, 4.69) is 65.9 Å². The van der Waals surface area contributed by atoms with E-state index in [4.69, 9.17) is 0 Å². The first-order valence-electron chi connectivity index (χ1n) is 7.06. The molecule has 0 saturated carbocycles. The smallest absolute Gasteiger partial charge is 0.146 e. The van der Waals surface area contributed by atoms with Crippen molar-refractivity contribution in [3.8, 4) is 0 Å².